The Hall–Kier alpha value is -4.44. The van der Waals surface area contributed by atoms with Crippen LogP contribution in [0.25, 0.3) is 5.76 Å². The lowest BCUT2D eigenvalue weighted by atomic mass is 9.94. The van der Waals surface area contributed by atoms with E-state index in [1.165, 1.54) is 11.0 Å². The van der Waals surface area contributed by atoms with Crippen molar-refractivity contribution in [2.75, 3.05) is 18.1 Å². The molecule has 0 saturated carbocycles. The third-order valence-corrected chi connectivity index (χ3v) is 8.40. The van der Waals surface area contributed by atoms with Crippen molar-refractivity contribution in [3.63, 3.8) is 0 Å². The minimum Gasteiger partial charge on any atom is -0.507 e. The lowest BCUT2D eigenvalue weighted by molar-refractivity contribution is -0.132. The normalized spacial score (nSPS) is 19.0. The molecule has 3 aromatic rings. The standard InChI is InChI=1S/C33H34N2O7S/c1-6-13-41-32(39)30-20(5)34-33(43-30)35-27(21-8-7-9-24(17-21)40-14-12-18(2)3)26(29(37)31(35)38)28(36)22-10-11-25-23(16-22)15-19(4)42-25/h6-11,16-19,27,36H,1,12-15H2,2-5H3/t19-,27+/m1/s1. The number of ketones is 1. The maximum absolute atomic E-state index is 13.7. The maximum atomic E-state index is 13.7. The van der Waals surface area contributed by atoms with E-state index in [0.29, 0.717) is 41.5 Å². The van der Waals surface area contributed by atoms with E-state index < -0.39 is 23.7 Å². The maximum Gasteiger partial charge on any atom is 0.350 e. The highest BCUT2D eigenvalue weighted by Crippen LogP contribution is 2.45. The highest BCUT2D eigenvalue weighted by atomic mass is 32.1. The van der Waals surface area contributed by atoms with Gasteiger partial charge in [-0.05, 0) is 67.6 Å². The first kappa shape index (κ1) is 30.0. The molecule has 1 fully saturated rings. The number of hydrogen-bond donors (Lipinski definition) is 1. The van der Waals surface area contributed by atoms with Crippen LogP contribution >= 0.6 is 11.3 Å². The lowest BCUT2D eigenvalue weighted by Gasteiger charge is -2.23. The number of aliphatic hydroxyl groups excluding tert-OH is 1. The van der Waals surface area contributed by atoms with Gasteiger partial charge in [0.1, 0.15) is 34.8 Å². The van der Waals surface area contributed by atoms with Crippen LogP contribution in [0.15, 0.2) is 60.7 Å². The number of amides is 1. The number of esters is 1. The van der Waals surface area contributed by atoms with Crippen LogP contribution in [0, 0.1) is 12.8 Å². The fraction of sp³-hybridized carbons (Fsp3) is 0.333. The van der Waals surface area contributed by atoms with Crippen molar-refractivity contribution >= 4 is 39.9 Å². The number of rotatable bonds is 10. The van der Waals surface area contributed by atoms with E-state index >= 15 is 0 Å². The predicted octanol–water partition coefficient (Wildman–Crippen LogP) is 6.17. The lowest BCUT2D eigenvalue weighted by Crippen LogP contribution is -2.29. The van der Waals surface area contributed by atoms with Crippen molar-refractivity contribution in [1.29, 1.82) is 0 Å². The van der Waals surface area contributed by atoms with Crippen LogP contribution < -0.4 is 14.4 Å². The molecule has 224 valence electrons. The number of benzene rings is 2. The molecule has 1 aromatic heterocycles. The molecule has 2 aromatic carbocycles. The van der Waals surface area contributed by atoms with Crippen LogP contribution in [0.4, 0.5) is 5.13 Å². The van der Waals surface area contributed by atoms with Gasteiger partial charge in [-0.3, -0.25) is 14.5 Å². The van der Waals surface area contributed by atoms with Crippen LogP contribution in [0.2, 0.25) is 0 Å². The largest absolute Gasteiger partial charge is 0.507 e. The fourth-order valence-corrected chi connectivity index (χ4v) is 6.12. The summed E-state index contributed by atoms with van der Waals surface area (Å²) in [5, 5.41) is 11.8. The number of carbonyl (C=O) groups excluding carboxylic acids is 3. The second-order valence-corrected chi connectivity index (χ2v) is 12.0. The quantitative estimate of drug-likeness (QED) is 0.0964. The number of carbonyl (C=O) groups is 3. The van der Waals surface area contributed by atoms with Crippen molar-refractivity contribution in [2.24, 2.45) is 5.92 Å². The van der Waals surface area contributed by atoms with Gasteiger partial charge in [0, 0.05) is 12.0 Å². The molecule has 9 nitrogen and oxygen atoms in total. The summed E-state index contributed by atoms with van der Waals surface area (Å²) in [6, 6.07) is 11.3. The Morgan fingerprint density at radius 3 is 2.79 bits per heavy atom. The molecule has 0 radical (unpaired) electrons. The van der Waals surface area contributed by atoms with Gasteiger partial charge in [-0.15, -0.1) is 0 Å². The number of ether oxygens (including phenoxy) is 3. The number of anilines is 1. The monoisotopic (exact) mass is 602 g/mol. The topological polar surface area (TPSA) is 115 Å². The van der Waals surface area contributed by atoms with Gasteiger partial charge >= 0.3 is 11.9 Å². The smallest absolute Gasteiger partial charge is 0.350 e. The van der Waals surface area contributed by atoms with Crippen LogP contribution in [0.5, 0.6) is 11.5 Å². The van der Waals surface area contributed by atoms with Gasteiger partial charge in [0.25, 0.3) is 5.78 Å². The highest BCUT2D eigenvalue weighted by Gasteiger charge is 2.48. The summed E-state index contributed by atoms with van der Waals surface area (Å²) in [7, 11) is 0. The number of thiazole rings is 1. The molecule has 10 heteroatoms. The average Bonchev–Trinajstić information content (AvgIpc) is 3.62. The third kappa shape index (κ3) is 6.06. The van der Waals surface area contributed by atoms with Gasteiger partial charge in [-0.2, -0.15) is 0 Å². The van der Waals surface area contributed by atoms with E-state index in [-0.39, 0.29) is 34.1 Å². The molecule has 0 bridgehead atoms. The third-order valence-electron chi connectivity index (χ3n) is 7.26. The van der Waals surface area contributed by atoms with Crippen LogP contribution in [-0.2, 0) is 20.7 Å². The van der Waals surface area contributed by atoms with Crippen molar-refractivity contribution < 1.29 is 33.7 Å². The number of aromatic nitrogens is 1. The molecule has 1 N–H and O–H groups in total. The van der Waals surface area contributed by atoms with Crippen LogP contribution in [-0.4, -0.2) is 47.1 Å². The van der Waals surface area contributed by atoms with Crippen molar-refractivity contribution in [3.05, 3.63) is 88.0 Å². The predicted molar refractivity (Wildman–Crippen MR) is 164 cm³/mol. The molecule has 1 amide bonds. The molecule has 2 aliphatic rings. The summed E-state index contributed by atoms with van der Waals surface area (Å²) in [5.74, 6) is -0.894. The molecule has 0 spiro atoms. The van der Waals surface area contributed by atoms with E-state index in [9.17, 15) is 19.5 Å². The van der Waals surface area contributed by atoms with Gasteiger partial charge in [-0.25, -0.2) is 9.78 Å². The average molecular weight is 603 g/mol. The molecule has 2 aliphatic heterocycles. The van der Waals surface area contributed by atoms with E-state index in [4.69, 9.17) is 14.2 Å². The zero-order valence-electron chi connectivity index (χ0n) is 24.6. The molecule has 1 saturated heterocycles. The van der Waals surface area contributed by atoms with Crippen LogP contribution in [0.3, 0.4) is 0 Å². The molecule has 2 atom stereocenters. The highest BCUT2D eigenvalue weighted by molar-refractivity contribution is 7.17. The summed E-state index contributed by atoms with van der Waals surface area (Å²) in [4.78, 5) is 46.0. The van der Waals surface area contributed by atoms with E-state index in [0.717, 1.165) is 29.1 Å². The summed E-state index contributed by atoms with van der Waals surface area (Å²) >= 11 is 0.948. The molecule has 0 unspecified atom stereocenters. The second-order valence-electron chi connectivity index (χ2n) is 11.0. The Bertz CT molecular complexity index is 1620. The number of fused-ring (bicyclic) bond motifs is 1. The summed E-state index contributed by atoms with van der Waals surface area (Å²) in [6.07, 6.45) is 2.96. The minimum atomic E-state index is -1.03. The van der Waals surface area contributed by atoms with Crippen LogP contribution in [0.1, 0.15) is 65.3 Å². The molecule has 3 heterocycles. The Balaban J connectivity index is 1.62. The first-order valence-corrected chi connectivity index (χ1v) is 15.0. The summed E-state index contributed by atoms with van der Waals surface area (Å²) in [6.45, 7) is 11.9. The van der Waals surface area contributed by atoms with Crippen molar-refractivity contribution in [1.82, 2.24) is 4.98 Å². The number of aliphatic hydroxyl groups is 1. The minimum absolute atomic E-state index is 0.00285. The zero-order valence-corrected chi connectivity index (χ0v) is 25.4. The van der Waals surface area contributed by atoms with Crippen molar-refractivity contribution in [2.45, 2.75) is 52.7 Å². The zero-order chi connectivity index (χ0) is 30.8. The molecular weight excluding hydrogens is 568 g/mol. The second kappa shape index (κ2) is 12.4. The molecule has 43 heavy (non-hydrogen) atoms. The van der Waals surface area contributed by atoms with Crippen molar-refractivity contribution in [3.8, 4) is 11.5 Å². The Morgan fingerprint density at radius 1 is 1.26 bits per heavy atom. The number of aryl methyl sites for hydroxylation is 1. The summed E-state index contributed by atoms with van der Waals surface area (Å²) < 4.78 is 17.0. The van der Waals surface area contributed by atoms with Gasteiger partial charge in [-0.1, -0.05) is 50.0 Å². The fourth-order valence-electron chi connectivity index (χ4n) is 5.13. The first-order valence-electron chi connectivity index (χ1n) is 14.2. The number of Topliss-reactive ketones (excluding diaryl/α,β-unsaturated/α-hetero) is 1. The van der Waals surface area contributed by atoms with Gasteiger partial charge in [0.2, 0.25) is 0 Å². The Labute approximate surface area is 254 Å². The molecule has 5 rings (SSSR count). The summed E-state index contributed by atoms with van der Waals surface area (Å²) in [5.41, 5.74) is 2.12. The number of hydrogen-bond acceptors (Lipinski definition) is 9. The molecule has 0 aliphatic carbocycles. The Kier molecular flexibility index (Phi) is 8.68. The number of nitrogens with zero attached hydrogens (tertiary/aromatic N) is 2. The Morgan fingerprint density at radius 2 is 2.05 bits per heavy atom. The SMILES string of the molecule is C=CCOC(=O)c1sc(N2C(=O)C(=O)C(=C(O)c3ccc4c(c3)C[C@@H](C)O4)[C@@H]2c2cccc(OCCC(C)C)c2)nc1C. The van der Waals surface area contributed by atoms with Gasteiger partial charge in [0.15, 0.2) is 5.13 Å². The molecular formula is C33H34N2O7S. The van der Waals surface area contributed by atoms with E-state index in [1.54, 1.807) is 49.4 Å². The van der Waals surface area contributed by atoms with E-state index in [1.807, 2.05) is 6.92 Å². The first-order chi connectivity index (χ1) is 20.6. The van der Waals surface area contributed by atoms with Gasteiger partial charge in [0.05, 0.1) is 23.9 Å². The van der Waals surface area contributed by atoms with E-state index in [2.05, 4.69) is 25.4 Å². The van der Waals surface area contributed by atoms with Gasteiger partial charge < -0.3 is 19.3 Å².